The third-order valence-corrected chi connectivity index (χ3v) is 9.29. The van der Waals surface area contributed by atoms with Gasteiger partial charge in [-0.3, -0.25) is 4.79 Å². The largest absolute Gasteiger partial charge is 0.493 e. The molecule has 2 aromatic carbocycles. The van der Waals surface area contributed by atoms with Crippen LogP contribution in [-0.2, 0) is 14.8 Å². The van der Waals surface area contributed by atoms with Crippen LogP contribution in [0.3, 0.4) is 0 Å². The number of carbonyl (C=O) groups is 1. The fourth-order valence-corrected chi connectivity index (χ4v) is 6.77. The number of carbonyl (C=O) groups excluding carboxylic acids is 1. The van der Waals surface area contributed by atoms with Crippen molar-refractivity contribution in [1.29, 1.82) is 0 Å². The normalized spacial score (nSPS) is 21.6. The van der Waals surface area contributed by atoms with Crippen LogP contribution in [0.15, 0.2) is 47.4 Å². The number of likely N-dealkylation sites (tertiary alicyclic amines) is 1. The van der Waals surface area contributed by atoms with E-state index in [0.717, 1.165) is 44.0 Å². The molecule has 0 unspecified atom stereocenters. The van der Waals surface area contributed by atoms with Crippen molar-refractivity contribution in [3.63, 3.8) is 0 Å². The van der Waals surface area contributed by atoms with Crippen LogP contribution in [0.5, 0.6) is 5.75 Å². The number of halogens is 2. The molecule has 1 atom stereocenters. The van der Waals surface area contributed by atoms with E-state index in [0.29, 0.717) is 23.6 Å². The molecule has 2 fully saturated rings. The second-order valence-corrected chi connectivity index (χ2v) is 12.0. The van der Waals surface area contributed by atoms with Gasteiger partial charge in [-0.25, -0.2) is 12.8 Å². The Morgan fingerprint density at radius 2 is 1.83 bits per heavy atom. The summed E-state index contributed by atoms with van der Waals surface area (Å²) in [6, 6.07) is 10.8. The second kappa shape index (κ2) is 10.8. The molecule has 9 heteroatoms. The molecule has 6 nitrogen and oxygen atoms in total. The highest BCUT2D eigenvalue weighted by atomic mass is 35.5. The summed E-state index contributed by atoms with van der Waals surface area (Å²) in [5.41, 5.74) is 0.147. The minimum Gasteiger partial charge on any atom is -0.493 e. The molecule has 0 radical (unpaired) electrons. The number of nitrogens with zero attached hydrogens (tertiary/aromatic N) is 2. The van der Waals surface area contributed by atoms with Crippen molar-refractivity contribution >= 4 is 27.5 Å². The van der Waals surface area contributed by atoms with Gasteiger partial charge < -0.3 is 9.64 Å². The standard InChI is InChI=1S/C26H32ClFN2O4S/c1-20-16-21(10-11-22(20)27)34-19-26(17-25(31)29-13-5-2-6-14-29)12-7-15-30(18-26)35(32,33)24-9-4-3-8-23(24)28/h3-4,8-11,16H,2,5-7,12-15,17-19H2,1H3/t26-/m1/s1. The Labute approximate surface area is 212 Å². The number of rotatable bonds is 7. The molecule has 2 heterocycles. The highest BCUT2D eigenvalue weighted by Crippen LogP contribution is 2.38. The van der Waals surface area contributed by atoms with E-state index in [2.05, 4.69) is 0 Å². The Bertz CT molecular complexity index is 1170. The first kappa shape index (κ1) is 25.9. The summed E-state index contributed by atoms with van der Waals surface area (Å²) < 4.78 is 48.6. The van der Waals surface area contributed by atoms with E-state index in [1.807, 2.05) is 17.9 Å². The highest BCUT2D eigenvalue weighted by Gasteiger charge is 2.43. The maximum Gasteiger partial charge on any atom is 0.246 e. The first-order chi connectivity index (χ1) is 16.7. The van der Waals surface area contributed by atoms with Gasteiger partial charge in [0.25, 0.3) is 0 Å². The summed E-state index contributed by atoms with van der Waals surface area (Å²) in [7, 11) is -4.06. The van der Waals surface area contributed by atoms with Crippen molar-refractivity contribution in [2.75, 3.05) is 32.8 Å². The topological polar surface area (TPSA) is 66.9 Å². The molecule has 0 N–H and O–H groups in total. The number of hydrogen-bond donors (Lipinski definition) is 0. The summed E-state index contributed by atoms with van der Waals surface area (Å²) in [4.78, 5) is 14.8. The fourth-order valence-electron chi connectivity index (χ4n) is 4.99. The number of sulfonamides is 1. The predicted molar refractivity (Wildman–Crippen MR) is 134 cm³/mol. The van der Waals surface area contributed by atoms with Crippen LogP contribution >= 0.6 is 11.6 Å². The first-order valence-electron chi connectivity index (χ1n) is 12.1. The minimum atomic E-state index is -4.06. The maximum atomic E-state index is 14.4. The quantitative estimate of drug-likeness (QED) is 0.511. The highest BCUT2D eigenvalue weighted by molar-refractivity contribution is 7.89. The summed E-state index contributed by atoms with van der Waals surface area (Å²) in [6.45, 7) is 3.88. The Hall–Kier alpha value is -2.16. The Morgan fingerprint density at radius 3 is 2.54 bits per heavy atom. The molecule has 35 heavy (non-hydrogen) atoms. The van der Waals surface area contributed by atoms with E-state index in [1.165, 1.54) is 22.5 Å². The summed E-state index contributed by atoms with van der Waals surface area (Å²) in [5, 5.41) is 0.632. The predicted octanol–water partition coefficient (Wildman–Crippen LogP) is 5.04. The van der Waals surface area contributed by atoms with E-state index in [9.17, 15) is 17.6 Å². The molecule has 1 amide bonds. The maximum absolute atomic E-state index is 14.4. The number of ether oxygens (including phenoxy) is 1. The van der Waals surface area contributed by atoms with Crippen LogP contribution in [0.2, 0.25) is 5.02 Å². The fraction of sp³-hybridized carbons (Fsp3) is 0.500. The zero-order chi connectivity index (χ0) is 25.1. The number of benzene rings is 2. The van der Waals surface area contributed by atoms with Crippen molar-refractivity contribution in [2.24, 2.45) is 5.41 Å². The van der Waals surface area contributed by atoms with Gasteiger partial charge in [0.1, 0.15) is 16.5 Å². The summed E-state index contributed by atoms with van der Waals surface area (Å²) >= 11 is 6.14. The lowest BCUT2D eigenvalue weighted by Gasteiger charge is -2.42. The van der Waals surface area contributed by atoms with Crippen LogP contribution in [0.1, 0.15) is 44.1 Å². The molecule has 2 aliphatic heterocycles. The first-order valence-corrected chi connectivity index (χ1v) is 13.9. The van der Waals surface area contributed by atoms with Gasteiger partial charge in [0.2, 0.25) is 15.9 Å². The van der Waals surface area contributed by atoms with Crippen molar-refractivity contribution < 1.29 is 22.3 Å². The monoisotopic (exact) mass is 522 g/mol. The van der Waals surface area contributed by atoms with Gasteiger partial charge in [-0.1, -0.05) is 23.7 Å². The van der Waals surface area contributed by atoms with Crippen molar-refractivity contribution in [3.05, 3.63) is 58.9 Å². The zero-order valence-corrected chi connectivity index (χ0v) is 21.6. The van der Waals surface area contributed by atoms with Gasteiger partial charge in [0.15, 0.2) is 0 Å². The molecule has 190 valence electrons. The van der Waals surface area contributed by atoms with E-state index in [-0.39, 0.29) is 36.9 Å². The average Bonchev–Trinajstić information content (AvgIpc) is 2.85. The van der Waals surface area contributed by atoms with Crippen LogP contribution < -0.4 is 4.74 Å². The number of piperidine rings is 2. The van der Waals surface area contributed by atoms with Gasteiger partial charge in [0, 0.05) is 43.0 Å². The molecule has 2 saturated heterocycles. The Morgan fingerprint density at radius 1 is 1.09 bits per heavy atom. The van der Waals surface area contributed by atoms with Gasteiger partial charge in [-0.05, 0) is 74.9 Å². The zero-order valence-electron chi connectivity index (χ0n) is 20.0. The molecule has 0 aliphatic carbocycles. The van der Waals surface area contributed by atoms with Crippen LogP contribution in [0.4, 0.5) is 4.39 Å². The smallest absolute Gasteiger partial charge is 0.246 e. The molecular weight excluding hydrogens is 491 g/mol. The van der Waals surface area contributed by atoms with Gasteiger partial charge in [-0.2, -0.15) is 4.31 Å². The molecular formula is C26H32ClFN2O4S. The average molecular weight is 523 g/mol. The SMILES string of the molecule is Cc1cc(OC[C@@]2(CC(=O)N3CCCCC3)CCCN(S(=O)(=O)c3ccccc3F)C2)ccc1Cl. The van der Waals surface area contributed by atoms with Gasteiger partial charge in [0.05, 0.1) is 6.61 Å². The molecule has 2 aliphatic rings. The summed E-state index contributed by atoms with van der Waals surface area (Å²) in [5.74, 6) is -0.141. The lowest BCUT2D eigenvalue weighted by molar-refractivity contribution is -0.136. The molecule has 0 saturated carbocycles. The van der Waals surface area contributed by atoms with Crippen molar-refractivity contribution in [1.82, 2.24) is 9.21 Å². The van der Waals surface area contributed by atoms with Crippen molar-refractivity contribution in [3.8, 4) is 5.75 Å². The second-order valence-electron chi connectivity index (χ2n) is 9.69. The number of aryl methyl sites for hydroxylation is 1. The summed E-state index contributed by atoms with van der Waals surface area (Å²) in [6.07, 6.45) is 4.46. The van der Waals surface area contributed by atoms with E-state index < -0.39 is 21.3 Å². The van der Waals surface area contributed by atoms with E-state index in [1.54, 1.807) is 12.1 Å². The van der Waals surface area contributed by atoms with Gasteiger partial charge >= 0.3 is 0 Å². The Balaban J connectivity index is 1.60. The van der Waals surface area contributed by atoms with E-state index >= 15 is 0 Å². The van der Waals surface area contributed by atoms with Crippen LogP contribution in [0, 0.1) is 18.2 Å². The molecule has 0 aromatic heterocycles. The number of amides is 1. The van der Waals surface area contributed by atoms with Crippen LogP contribution in [0.25, 0.3) is 0 Å². The third-order valence-electron chi connectivity index (χ3n) is 6.99. The van der Waals surface area contributed by atoms with Crippen LogP contribution in [-0.4, -0.2) is 56.3 Å². The molecule has 0 spiro atoms. The number of hydrogen-bond acceptors (Lipinski definition) is 4. The van der Waals surface area contributed by atoms with Crippen molar-refractivity contribution in [2.45, 2.75) is 50.3 Å². The molecule has 0 bridgehead atoms. The lowest BCUT2D eigenvalue weighted by atomic mass is 9.78. The minimum absolute atomic E-state index is 0.0192. The van der Waals surface area contributed by atoms with Gasteiger partial charge in [-0.15, -0.1) is 0 Å². The molecule has 2 aromatic rings. The Kier molecular flexibility index (Phi) is 8.03. The third kappa shape index (κ3) is 5.98. The molecule has 4 rings (SSSR count). The van der Waals surface area contributed by atoms with E-state index in [4.69, 9.17) is 16.3 Å². The lowest BCUT2D eigenvalue weighted by Crippen LogP contribution is -2.51.